The average molecular weight is 348 g/mol. The summed E-state index contributed by atoms with van der Waals surface area (Å²) in [6.07, 6.45) is 4.00. The molecule has 0 aliphatic carbocycles. The Hall–Kier alpha value is -1.97. The lowest BCUT2D eigenvalue weighted by Gasteiger charge is -1.91. The molecular weight excluding hydrogens is 340 g/mol. The molecule has 22 heavy (non-hydrogen) atoms. The zero-order valence-electron chi connectivity index (χ0n) is 11.0. The maximum absolute atomic E-state index is 10.8. The van der Waals surface area contributed by atoms with E-state index in [0.29, 0.717) is 0 Å². The van der Waals surface area contributed by atoms with Gasteiger partial charge in [0, 0.05) is 35.7 Å². The third-order valence-corrected chi connectivity index (χ3v) is 6.02. The summed E-state index contributed by atoms with van der Waals surface area (Å²) < 4.78 is 3.73. The van der Waals surface area contributed by atoms with Crippen molar-refractivity contribution in [2.24, 2.45) is 0 Å². The number of non-ortho nitro benzene ring substituents is 1. The number of thioether (sulfide) groups is 1. The van der Waals surface area contributed by atoms with Gasteiger partial charge < -0.3 is 0 Å². The van der Waals surface area contributed by atoms with Crippen LogP contribution in [0.4, 0.5) is 5.69 Å². The van der Waals surface area contributed by atoms with Crippen molar-refractivity contribution in [1.29, 1.82) is 0 Å². The molecule has 0 bridgehead atoms. The van der Waals surface area contributed by atoms with E-state index < -0.39 is 0 Å². The molecular formula is C13H8N4O2S3. The molecule has 3 aromatic heterocycles. The molecule has 110 valence electrons. The molecule has 0 N–H and O–H groups in total. The molecule has 9 heteroatoms. The molecule has 0 radical (unpaired) electrons. The minimum atomic E-state index is -0.385. The number of rotatable bonds is 4. The van der Waals surface area contributed by atoms with Gasteiger partial charge in [-0.2, -0.15) is 0 Å². The van der Waals surface area contributed by atoms with E-state index in [9.17, 15) is 10.1 Å². The Morgan fingerprint density at radius 3 is 3.09 bits per heavy atom. The number of hydrogen-bond donors (Lipinski definition) is 0. The van der Waals surface area contributed by atoms with Crippen LogP contribution in [0.25, 0.3) is 15.2 Å². The van der Waals surface area contributed by atoms with Gasteiger partial charge in [0.2, 0.25) is 0 Å². The first kappa shape index (κ1) is 13.7. The van der Waals surface area contributed by atoms with Gasteiger partial charge in [0.25, 0.3) is 5.69 Å². The second-order valence-corrected chi connectivity index (χ2v) is 7.63. The topological polar surface area (TPSA) is 73.3 Å². The summed E-state index contributed by atoms with van der Waals surface area (Å²) in [4.78, 5) is 20.4. The van der Waals surface area contributed by atoms with Crippen LogP contribution in [0.15, 0.2) is 40.3 Å². The lowest BCUT2D eigenvalue weighted by molar-refractivity contribution is -0.384. The Kier molecular flexibility index (Phi) is 3.32. The van der Waals surface area contributed by atoms with E-state index in [0.717, 1.165) is 31.0 Å². The lowest BCUT2D eigenvalue weighted by Crippen LogP contribution is -1.85. The van der Waals surface area contributed by atoms with Gasteiger partial charge in [-0.1, -0.05) is 11.8 Å². The van der Waals surface area contributed by atoms with Crippen molar-refractivity contribution < 1.29 is 4.92 Å². The molecule has 4 rings (SSSR count). The summed E-state index contributed by atoms with van der Waals surface area (Å²) in [7, 11) is 0. The van der Waals surface area contributed by atoms with E-state index >= 15 is 0 Å². The van der Waals surface area contributed by atoms with Crippen molar-refractivity contribution in [3.05, 3.63) is 51.8 Å². The summed E-state index contributed by atoms with van der Waals surface area (Å²) >= 11 is 4.67. The number of hydrogen-bond acceptors (Lipinski definition) is 7. The van der Waals surface area contributed by atoms with E-state index in [1.54, 1.807) is 35.2 Å². The molecule has 0 atom stereocenters. The van der Waals surface area contributed by atoms with E-state index in [1.807, 2.05) is 22.2 Å². The Balaban J connectivity index is 1.56. The Bertz CT molecular complexity index is 959. The SMILES string of the molecule is O=[N+]([O-])c1ccc2nc(SCc3cn4ccsc4n3)sc2c1. The third-order valence-electron chi connectivity index (χ3n) is 3.05. The second-order valence-electron chi connectivity index (χ2n) is 4.50. The maximum Gasteiger partial charge on any atom is 0.270 e. The number of nitro benzene ring substituents is 1. The van der Waals surface area contributed by atoms with Crippen LogP contribution in [0.3, 0.4) is 0 Å². The third kappa shape index (κ3) is 2.47. The number of imidazole rings is 1. The zero-order valence-corrected chi connectivity index (χ0v) is 13.5. The van der Waals surface area contributed by atoms with E-state index in [4.69, 9.17) is 0 Å². The molecule has 1 aromatic carbocycles. The summed E-state index contributed by atoms with van der Waals surface area (Å²) in [5.41, 5.74) is 1.90. The molecule has 0 unspecified atom stereocenters. The zero-order chi connectivity index (χ0) is 15.1. The number of nitrogens with zero attached hydrogens (tertiary/aromatic N) is 4. The number of aromatic nitrogens is 3. The van der Waals surface area contributed by atoms with Crippen LogP contribution >= 0.6 is 34.4 Å². The van der Waals surface area contributed by atoms with Crippen molar-refractivity contribution in [3.63, 3.8) is 0 Å². The fraction of sp³-hybridized carbons (Fsp3) is 0.0769. The van der Waals surface area contributed by atoms with Gasteiger partial charge >= 0.3 is 0 Å². The van der Waals surface area contributed by atoms with Crippen molar-refractivity contribution in [2.75, 3.05) is 0 Å². The van der Waals surface area contributed by atoms with Crippen LogP contribution in [0.1, 0.15) is 5.69 Å². The lowest BCUT2D eigenvalue weighted by atomic mass is 10.3. The molecule has 3 heterocycles. The van der Waals surface area contributed by atoms with Crippen LogP contribution in [0.5, 0.6) is 0 Å². The normalized spacial score (nSPS) is 11.5. The Morgan fingerprint density at radius 2 is 2.27 bits per heavy atom. The van der Waals surface area contributed by atoms with Crippen molar-refractivity contribution in [3.8, 4) is 0 Å². The van der Waals surface area contributed by atoms with Gasteiger partial charge in [0.1, 0.15) is 0 Å². The smallest absolute Gasteiger partial charge is 0.270 e. The largest absolute Gasteiger partial charge is 0.297 e. The minimum Gasteiger partial charge on any atom is -0.297 e. The molecule has 4 aromatic rings. The summed E-state index contributed by atoms with van der Waals surface area (Å²) in [5.74, 6) is 0.732. The summed E-state index contributed by atoms with van der Waals surface area (Å²) in [6, 6.07) is 4.75. The van der Waals surface area contributed by atoms with Gasteiger partial charge in [-0.25, -0.2) is 9.97 Å². The van der Waals surface area contributed by atoms with Crippen LogP contribution < -0.4 is 0 Å². The fourth-order valence-electron chi connectivity index (χ4n) is 2.05. The molecule has 0 fully saturated rings. The van der Waals surface area contributed by atoms with Crippen LogP contribution in [-0.4, -0.2) is 19.3 Å². The van der Waals surface area contributed by atoms with E-state index in [-0.39, 0.29) is 10.6 Å². The monoisotopic (exact) mass is 348 g/mol. The number of benzene rings is 1. The number of fused-ring (bicyclic) bond motifs is 2. The highest BCUT2D eigenvalue weighted by molar-refractivity contribution is 8.00. The standard InChI is InChI=1S/C13H8N4O2S3/c18-17(19)9-1-2-10-11(5-9)22-13(15-10)21-7-8-6-16-3-4-20-12(16)14-8/h1-6H,7H2. The first-order valence-corrected chi connectivity index (χ1v) is 8.96. The average Bonchev–Trinajstić information content (AvgIpc) is 3.17. The highest BCUT2D eigenvalue weighted by Crippen LogP contribution is 2.33. The molecule has 0 aliphatic heterocycles. The highest BCUT2D eigenvalue weighted by Gasteiger charge is 2.11. The molecule has 0 saturated heterocycles. The Labute approximate surface area is 136 Å². The first-order valence-electron chi connectivity index (χ1n) is 6.28. The van der Waals surface area contributed by atoms with E-state index in [2.05, 4.69) is 9.97 Å². The summed E-state index contributed by atoms with van der Waals surface area (Å²) in [6.45, 7) is 0. The quantitative estimate of drug-likeness (QED) is 0.314. The summed E-state index contributed by atoms with van der Waals surface area (Å²) in [5, 5.41) is 12.8. The maximum atomic E-state index is 10.8. The Morgan fingerprint density at radius 1 is 1.36 bits per heavy atom. The van der Waals surface area contributed by atoms with Crippen LogP contribution in [0.2, 0.25) is 0 Å². The molecule has 0 saturated carbocycles. The minimum absolute atomic E-state index is 0.0991. The van der Waals surface area contributed by atoms with Crippen molar-refractivity contribution >= 4 is 55.3 Å². The highest BCUT2D eigenvalue weighted by atomic mass is 32.2. The number of thiazole rings is 2. The fourth-order valence-corrected chi connectivity index (χ4v) is 4.75. The van der Waals surface area contributed by atoms with Gasteiger partial charge in [-0.15, -0.1) is 22.7 Å². The van der Waals surface area contributed by atoms with Gasteiger partial charge in [0.05, 0.1) is 20.8 Å². The molecule has 0 aliphatic rings. The molecule has 0 spiro atoms. The van der Waals surface area contributed by atoms with Crippen LogP contribution in [0, 0.1) is 10.1 Å². The second kappa shape index (κ2) is 5.34. The van der Waals surface area contributed by atoms with Gasteiger partial charge in [-0.05, 0) is 6.07 Å². The van der Waals surface area contributed by atoms with Gasteiger partial charge in [-0.3, -0.25) is 14.5 Å². The predicted molar refractivity (Wildman–Crippen MR) is 88.9 cm³/mol. The van der Waals surface area contributed by atoms with Gasteiger partial charge in [0.15, 0.2) is 9.30 Å². The van der Waals surface area contributed by atoms with Crippen molar-refractivity contribution in [2.45, 2.75) is 10.1 Å². The molecule has 6 nitrogen and oxygen atoms in total. The van der Waals surface area contributed by atoms with Crippen molar-refractivity contribution in [1.82, 2.24) is 14.4 Å². The predicted octanol–water partition coefficient (Wildman–Crippen LogP) is 4.21. The number of nitro groups is 1. The molecule has 0 amide bonds. The first-order chi connectivity index (χ1) is 10.7. The van der Waals surface area contributed by atoms with E-state index in [1.165, 1.54) is 17.4 Å². The van der Waals surface area contributed by atoms with Crippen LogP contribution in [-0.2, 0) is 5.75 Å².